The maximum absolute atomic E-state index is 5.58. The molecule has 1 heterocycles. The second-order valence-electron chi connectivity index (χ2n) is 2.72. The van der Waals surface area contributed by atoms with Crippen molar-refractivity contribution in [3.63, 3.8) is 0 Å². The minimum Gasteiger partial charge on any atom is -0.328 e. The Labute approximate surface area is 60.6 Å². The second-order valence-corrected chi connectivity index (χ2v) is 2.72. The number of aromatic amines is 1. The average Bonchev–Trinajstić information content (AvgIpc) is 2.13. The third kappa shape index (κ3) is 1.84. The minimum atomic E-state index is 0.197. The van der Waals surface area contributed by atoms with E-state index in [4.69, 9.17) is 5.73 Å². The minimum absolute atomic E-state index is 0.197. The first-order chi connectivity index (χ1) is 4.68. The van der Waals surface area contributed by atoms with Gasteiger partial charge in [0.25, 0.3) is 0 Å². The van der Waals surface area contributed by atoms with Gasteiger partial charge in [-0.15, -0.1) is 0 Å². The van der Waals surface area contributed by atoms with E-state index in [0.717, 1.165) is 17.8 Å². The highest BCUT2D eigenvalue weighted by Gasteiger charge is 1.99. The summed E-state index contributed by atoms with van der Waals surface area (Å²) in [7, 11) is 0. The van der Waals surface area contributed by atoms with Crippen LogP contribution in [0, 0.1) is 6.92 Å². The monoisotopic (exact) mass is 139 g/mol. The van der Waals surface area contributed by atoms with Crippen LogP contribution in [-0.2, 0) is 6.42 Å². The van der Waals surface area contributed by atoms with Crippen molar-refractivity contribution in [2.75, 3.05) is 0 Å². The van der Waals surface area contributed by atoms with Crippen molar-refractivity contribution in [2.45, 2.75) is 26.3 Å². The first-order valence-electron chi connectivity index (χ1n) is 3.45. The zero-order valence-electron chi connectivity index (χ0n) is 6.39. The Morgan fingerprint density at radius 2 is 2.50 bits per heavy atom. The highest BCUT2D eigenvalue weighted by Crippen LogP contribution is 1.99. The van der Waals surface area contributed by atoms with Crippen LogP contribution < -0.4 is 5.73 Å². The molecule has 0 saturated heterocycles. The molecule has 0 radical (unpaired) electrons. The number of rotatable bonds is 2. The molecule has 3 N–H and O–H groups in total. The molecule has 0 fully saturated rings. The molecule has 0 bridgehead atoms. The molecule has 1 rings (SSSR count). The van der Waals surface area contributed by atoms with Crippen LogP contribution >= 0.6 is 0 Å². The van der Waals surface area contributed by atoms with E-state index in [2.05, 4.69) is 10.2 Å². The summed E-state index contributed by atoms with van der Waals surface area (Å²) in [6, 6.07) is 2.21. The molecule has 0 spiro atoms. The van der Waals surface area contributed by atoms with Crippen molar-refractivity contribution >= 4 is 0 Å². The predicted octanol–water partition coefficient (Wildman–Crippen LogP) is 0.608. The molecule has 56 valence electrons. The molecule has 0 aromatic carbocycles. The Balaban J connectivity index is 2.58. The van der Waals surface area contributed by atoms with E-state index in [9.17, 15) is 0 Å². The lowest BCUT2D eigenvalue weighted by atomic mass is 10.2. The van der Waals surface area contributed by atoms with Crippen molar-refractivity contribution in [3.8, 4) is 0 Å². The number of aryl methyl sites for hydroxylation is 1. The topological polar surface area (TPSA) is 54.7 Å². The zero-order valence-corrected chi connectivity index (χ0v) is 6.39. The Morgan fingerprint density at radius 1 is 1.80 bits per heavy atom. The van der Waals surface area contributed by atoms with Crippen molar-refractivity contribution in [1.82, 2.24) is 10.2 Å². The van der Waals surface area contributed by atoms with Crippen LogP contribution in [0.5, 0.6) is 0 Å². The van der Waals surface area contributed by atoms with Gasteiger partial charge in [0.05, 0.1) is 5.69 Å². The van der Waals surface area contributed by atoms with Crippen molar-refractivity contribution in [2.24, 2.45) is 5.73 Å². The smallest absolute Gasteiger partial charge is 0.0640 e. The summed E-state index contributed by atoms with van der Waals surface area (Å²) in [6.07, 6.45) is 0.852. The fraction of sp³-hybridized carbons (Fsp3) is 0.571. The number of nitrogens with two attached hydrogens (primary N) is 1. The van der Waals surface area contributed by atoms with Gasteiger partial charge in [-0.1, -0.05) is 0 Å². The summed E-state index contributed by atoms with van der Waals surface area (Å²) in [5.74, 6) is 0. The molecule has 0 unspecified atom stereocenters. The Kier molecular flexibility index (Phi) is 2.06. The van der Waals surface area contributed by atoms with Gasteiger partial charge in [0.15, 0.2) is 0 Å². The number of H-pyrrole nitrogens is 1. The molecule has 0 aliphatic carbocycles. The molecular weight excluding hydrogens is 126 g/mol. The summed E-state index contributed by atoms with van der Waals surface area (Å²) < 4.78 is 0. The third-order valence-electron chi connectivity index (χ3n) is 1.29. The van der Waals surface area contributed by atoms with E-state index in [1.165, 1.54) is 0 Å². The molecule has 0 saturated carbocycles. The second kappa shape index (κ2) is 2.84. The molecular formula is C7H13N3. The van der Waals surface area contributed by atoms with E-state index >= 15 is 0 Å². The molecule has 0 aliphatic rings. The van der Waals surface area contributed by atoms with Gasteiger partial charge in [0, 0.05) is 18.2 Å². The molecule has 3 nitrogen and oxygen atoms in total. The van der Waals surface area contributed by atoms with Crippen molar-refractivity contribution < 1.29 is 0 Å². The van der Waals surface area contributed by atoms with E-state index < -0.39 is 0 Å². The largest absolute Gasteiger partial charge is 0.328 e. The SMILES string of the molecule is Cc1cc(C[C@H](C)N)n[nH]1. The fourth-order valence-electron chi connectivity index (χ4n) is 0.909. The number of hydrogen-bond donors (Lipinski definition) is 2. The lowest BCUT2D eigenvalue weighted by Gasteiger charge is -1.98. The lowest BCUT2D eigenvalue weighted by Crippen LogP contribution is -2.17. The van der Waals surface area contributed by atoms with Crippen LogP contribution in [-0.4, -0.2) is 16.2 Å². The summed E-state index contributed by atoms with van der Waals surface area (Å²) in [5.41, 5.74) is 7.72. The fourth-order valence-corrected chi connectivity index (χ4v) is 0.909. The van der Waals surface area contributed by atoms with Gasteiger partial charge >= 0.3 is 0 Å². The first kappa shape index (κ1) is 7.28. The maximum Gasteiger partial charge on any atom is 0.0640 e. The van der Waals surface area contributed by atoms with Gasteiger partial charge in [-0.2, -0.15) is 5.10 Å². The maximum atomic E-state index is 5.58. The van der Waals surface area contributed by atoms with Gasteiger partial charge in [0.1, 0.15) is 0 Å². The molecule has 10 heavy (non-hydrogen) atoms. The molecule has 3 heteroatoms. The summed E-state index contributed by atoms with van der Waals surface area (Å²) >= 11 is 0. The van der Waals surface area contributed by atoms with Crippen LogP contribution in [0.4, 0.5) is 0 Å². The van der Waals surface area contributed by atoms with Crippen LogP contribution in [0.25, 0.3) is 0 Å². The molecule has 0 aliphatic heterocycles. The van der Waals surface area contributed by atoms with Gasteiger partial charge < -0.3 is 5.73 Å². The van der Waals surface area contributed by atoms with Gasteiger partial charge in [0.2, 0.25) is 0 Å². The number of hydrogen-bond acceptors (Lipinski definition) is 2. The normalized spacial score (nSPS) is 13.5. The van der Waals surface area contributed by atoms with Crippen molar-refractivity contribution in [1.29, 1.82) is 0 Å². The summed E-state index contributed by atoms with van der Waals surface area (Å²) in [6.45, 7) is 3.96. The van der Waals surface area contributed by atoms with E-state index in [1.54, 1.807) is 0 Å². The Bertz CT molecular complexity index is 202. The van der Waals surface area contributed by atoms with Gasteiger partial charge in [-0.3, -0.25) is 5.10 Å². The van der Waals surface area contributed by atoms with Crippen LogP contribution in [0.3, 0.4) is 0 Å². The summed E-state index contributed by atoms with van der Waals surface area (Å²) in [4.78, 5) is 0. The number of nitrogens with one attached hydrogen (secondary N) is 1. The standard InChI is InChI=1S/C7H13N3/c1-5(8)3-7-4-6(2)9-10-7/h4-5H,3,8H2,1-2H3,(H,9,10)/t5-/m0/s1. The molecule has 1 aromatic rings. The van der Waals surface area contributed by atoms with E-state index in [0.29, 0.717) is 0 Å². The lowest BCUT2D eigenvalue weighted by molar-refractivity contribution is 0.719. The van der Waals surface area contributed by atoms with Gasteiger partial charge in [-0.25, -0.2) is 0 Å². The van der Waals surface area contributed by atoms with Gasteiger partial charge in [-0.05, 0) is 19.9 Å². The highest BCUT2D eigenvalue weighted by atomic mass is 15.1. The summed E-state index contributed by atoms with van der Waals surface area (Å²) in [5, 5.41) is 6.92. The first-order valence-corrected chi connectivity index (χ1v) is 3.45. The highest BCUT2D eigenvalue weighted by molar-refractivity contribution is 5.07. The molecule has 1 atom stereocenters. The average molecular weight is 139 g/mol. The Hall–Kier alpha value is -0.830. The Morgan fingerprint density at radius 3 is 2.90 bits per heavy atom. The number of nitrogens with zero attached hydrogens (tertiary/aromatic N) is 1. The quantitative estimate of drug-likeness (QED) is 0.630. The van der Waals surface area contributed by atoms with Crippen LogP contribution in [0.1, 0.15) is 18.3 Å². The molecule has 0 amide bonds. The zero-order chi connectivity index (χ0) is 7.56. The van der Waals surface area contributed by atoms with Crippen LogP contribution in [0.15, 0.2) is 6.07 Å². The molecule has 1 aromatic heterocycles. The third-order valence-corrected chi connectivity index (χ3v) is 1.29. The van der Waals surface area contributed by atoms with Crippen molar-refractivity contribution in [3.05, 3.63) is 17.5 Å². The van der Waals surface area contributed by atoms with Crippen LogP contribution in [0.2, 0.25) is 0 Å². The predicted molar refractivity (Wildman–Crippen MR) is 40.7 cm³/mol. The number of aromatic nitrogens is 2. The van der Waals surface area contributed by atoms with E-state index in [1.807, 2.05) is 19.9 Å². The van der Waals surface area contributed by atoms with E-state index in [-0.39, 0.29) is 6.04 Å².